The van der Waals surface area contributed by atoms with Crippen LogP contribution >= 0.6 is 0 Å². The first-order chi connectivity index (χ1) is 13.8. The molecule has 0 aromatic carbocycles. The quantitative estimate of drug-likeness (QED) is 0.723. The summed E-state index contributed by atoms with van der Waals surface area (Å²) in [5.74, 6) is 0.588. The zero-order valence-corrected chi connectivity index (χ0v) is 17.1. The molecule has 8 nitrogen and oxygen atoms in total. The summed E-state index contributed by atoms with van der Waals surface area (Å²) in [7, 11) is 2.04. The van der Waals surface area contributed by atoms with Crippen LogP contribution in [0.3, 0.4) is 0 Å². The van der Waals surface area contributed by atoms with Crippen molar-refractivity contribution < 1.29 is 13.3 Å². The molecule has 0 bridgehead atoms. The Morgan fingerprint density at radius 2 is 1.83 bits per heavy atom. The lowest BCUT2D eigenvalue weighted by molar-refractivity contribution is -0.0221. The molecule has 2 aromatic rings. The maximum Gasteiger partial charge on any atom is 0.251 e. The van der Waals surface area contributed by atoms with Gasteiger partial charge in [-0.2, -0.15) is 4.98 Å². The number of alkyl halides is 2. The van der Waals surface area contributed by atoms with Crippen molar-refractivity contribution in [3.63, 3.8) is 0 Å². The Morgan fingerprint density at radius 1 is 1.17 bits per heavy atom. The van der Waals surface area contributed by atoms with Gasteiger partial charge in [-0.05, 0) is 7.05 Å². The van der Waals surface area contributed by atoms with E-state index in [2.05, 4.69) is 29.9 Å². The molecule has 4 heterocycles. The lowest BCUT2D eigenvalue weighted by atomic mass is 10.1. The Hall–Kier alpha value is -2.36. The van der Waals surface area contributed by atoms with Crippen LogP contribution in [0.4, 0.5) is 20.4 Å². The summed E-state index contributed by atoms with van der Waals surface area (Å²) < 4.78 is 32.1. The Morgan fingerprint density at radius 3 is 2.45 bits per heavy atom. The highest BCUT2D eigenvalue weighted by atomic mass is 19.3. The van der Waals surface area contributed by atoms with Crippen molar-refractivity contribution in [3.05, 3.63) is 24.1 Å². The fraction of sp³-hybridized carbons (Fsp3) is 0.684. The van der Waals surface area contributed by atoms with E-state index in [0.717, 1.165) is 30.5 Å². The van der Waals surface area contributed by atoms with Gasteiger partial charge in [-0.1, -0.05) is 19.0 Å². The Balaban J connectivity index is 1.31. The molecule has 0 atom stereocenters. The largest absolute Gasteiger partial charge is 0.356 e. The third-order valence-electron chi connectivity index (χ3n) is 5.65. The van der Waals surface area contributed by atoms with Crippen LogP contribution in [-0.4, -0.2) is 70.2 Å². The van der Waals surface area contributed by atoms with Crippen molar-refractivity contribution in [2.24, 2.45) is 0 Å². The highest BCUT2D eigenvalue weighted by molar-refractivity contribution is 5.52. The molecule has 0 radical (unpaired) electrons. The summed E-state index contributed by atoms with van der Waals surface area (Å²) in [5, 5.41) is 4.01. The number of rotatable bonds is 6. The maximum atomic E-state index is 13.4. The number of hydrogen-bond donors (Lipinski definition) is 0. The third kappa shape index (κ3) is 4.47. The molecule has 4 rings (SSSR count). The fourth-order valence-corrected chi connectivity index (χ4v) is 3.58. The van der Waals surface area contributed by atoms with E-state index >= 15 is 0 Å². The zero-order chi connectivity index (χ0) is 20.6. The number of halogens is 2. The number of hydrogen-bond acceptors (Lipinski definition) is 8. The first-order valence-electron chi connectivity index (χ1n) is 10.0. The second kappa shape index (κ2) is 7.81. The van der Waals surface area contributed by atoms with E-state index in [1.165, 1.54) is 6.33 Å². The standard InChI is InChI=1S/C19H27F2N7O/c1-13(2)18-24-17(29-25-18)11-26(3)14-9-28(10-14)16-8-15(22-12-23-16)27-6-4-19(20,21)5-7-27/h8,12-14H,4-7,9-11H2,1-3H3. The third-order valence-corrected chi connectivity index (χ3v) is 5.65. The number of nitrogens with zero attached hydrogens (tertiary/aromatic N) is 7. The molecule has 2 aromatic heterocycles. The van der Waals surface area contributed by atoms with Gasteiger partial charge in [0.25, 0.3) is 5.92 Å². The van der Waals surface area contributed by atoms with E-state index in [4.69, 9.17) is 4.52 Å². The van der Waals surface area contributed by atoms with Gasteiger partial charge in [0.1, 0.15) is 18.0 Å². The fourth-order valence-electron chi connectivity index (χ4n) is 3.58. The summed E-state index contributed by atoms with van der Waals surface area (Å²) in [4.78, 5) is 19.4. The lowest BCUT2D eigenvalue weighted by Crippen LogP contribution is -2.58. The predicted molar refractivity (Wildman–Crippen MR) is 104 cm³/mol. The van der Waals surface area contributed by atoms with Gasteiger partial charge in [-0.3, -0.25) is 4.90 Å². The van der Waals surface area contributed by atoms with Crippen molar-refractivity contribution in [2.75, 3.05) is 43.0 Å². The Labute approximate surface area is 168 Å². The number of piperidine rings is 1. The van der Waals surface area contributed by atoms with Crippen LogP contribution in [0.25, 0.3) is 0 Å². The van der Waals surface area contributed by atoms with Gasteiger partial charge in [0.2, 0.25) is 5.89 Å². The summed E-state index contributed by atoms with van der Waals surface area (Å²) in [6.07, 6.45) is 1.26. The van der Waals surface area contributed by atoms with E-state index in [1.807, 2.05) is 31.9 Å². The van der Waals surface area contributed by atoms with Crippen LogP contribution in [0.1, 0.15) is 44.3 Å². The SMILES string of the molecule is CC(C)c1noc(CN(C)C2CN(c3cc(N4CCC(F)(F)CC4)ncn3)C2)n1. The van der Waals surface area contributed by atoms with E-state index in [9.17, 15) is 8.78 Å². The number of aromatic nitrogens is 4. The molecule has 0 N–H and O–H groups in total. The van der Waals surface area contributed by atoms with Crippen molar-refractivity contribution in [2.45, 2.75) is 51.1 Å². The lowest BCUT2D eigenvalue weighted by Gasteiger charge is -2.44. The molecule has 0 unspecified atom stereocenters. The van der Waals surface area contributed by atoms with Crippen LogP contribution in [0.5, 0.6) is 0 Å². The van der Waals surface area contributed by atoms with Crippen molar-refractivity contribution in [1.82, 2.24) is 25.0 Å². The second-order valence-corrected chi connectivity index (χ2v) is 8.25. The normalized spacial score (nSPS) is 19.8. The number of anilines is 2. The smallest absolute Gasteiger partial charge is 0.251 e. The summed E-state index contributed by atoms with van der Waals surface area (Å²) >= 11 is 0. The van der Waals surface area contributed by atoms with E-state index in [0.29, 0.717) is 31.6 Å². The van der Waals surface area contributed by atoms with Gasteiger partial charge < -0.3 is 14.3 Å². The van der Waals surface area contributed by atoms with Gasteiger partial charge in [-0.15, -0.1) is 0 Å². The van der Waals surface area contributed by atoms with Crippen LogP contribution in [0.2, 0.25) is 0 Å². The van der Waals surface area contributed by atoms with Crippen LogP contribution in [-0.2, 0) is 6.54 Å². The average molecular weight is 407 g/mol. The highest BCUT2D eigenvalue weighted by Crippen LogP contribution is 2.31. The summed E-state index contributed by atoms with van der Waals surface area (Å²) in [6, 6.07) is 2.25. The van der Waals surface area contributed by atoms with Gasteiger partial charge in [0.15, 0.2) is 5.82 Å². The van der Waals surface area contributed by atoms with Crippen LogP contribution < -0.4 is 9.80 Å². The van der Waals surface area contributed by atoms with E-state index in [1.54, 1.807) is 0 Å². The molecule has 2 fully saturated rings. The topological polar surface area (TPSA) is 74.4 Å². The van der Waals surface area contributed by atoms with Crippen LogP contribution in [0, 0.1) is 0 Å². The van der Waals surface area contributed by atoms with Gasteiger partial charge in [-0.25, -0.2) is 18.7 Å². The minimum absolute atomic E-state index is 0.128. The molecular formula is C19H27F2N7O. The van der Waals surface area contributed by atoms with E-state index in [-0.39, 0.29) is 18.8 Å². The Bertz CT molecular complexity index is 827. The average Bonchev–Trinajstić information content (AvgIpc) is 3.09. The molecule has 0 saturated carbocycles. The monoisotopic (exact) mass is 407 g/mol. The minimum Gasteiger partial charge on any atom is -0.356 e. The van der Waals surface area contributed by atoms with Gasteiger partial charge in [0.05, 0.1) is 6.54 Å². The predicted octanol–water partition coefficient (Wildman–Crippen LogP) is 2.54. The van der Waals surface area contributed by atoms with E-state index < -0.39 is 5.92 Å². The maximum absolute atomic E-state index is 13.4. The van der Waals surface area contributed by atoms with Crippen molar-refractivity contribution in [1.29, 1.82) is 0 Å². The van der Waals surface area contributed by atoms with Gasteiger partial charge >= 0.3 is 0 Å². The Kier molecular flexibility index (Phi) is 5.37. The molecule has 2 saturated heterocycles. The van der Waals surface area contributed by atoms with Crippen molar-refractivity contribution in [3.8, 4) is 0 Å². The summed E-state index contributed by atoms with van der Waals surface area (Å²) in [5.41, 5.74) is 0. The molecule has 2 aliphatic rings. The molecular weight excluding hydrogens is 380 g/mol. The highest BCUT2D eigenvalue weighted by Gasteiger charge is 2.35. The molecule has 10 heteroatoms. The minimum atomic E-state index is -2.56. The molecule has 0 spiro atoms. The zero-order valence-electron chi connectivity index (χ0n) is 17.1. The molecule has 2 aliphatic heterocycles. The first-order valence-corrected chi connectivity index (χ1v) is 10.0. The first kappa shape index (κ1) is 19.9. The summed E-state index contributed by atoms with van der Waals surface area (Å²) in [6.45, 7) is 6.97. The molecule has 0 amide bonds. The molecule has 158 valence electrons. The number of likely N-dealkylation sites (N-methyl/N-ethyl adjacent to an activating group) is 1. The van der Waals surface area contributed by atoms with Crippen molar-refractivity contribution >= 4 is 11.6 Å². The second-order valence-electron chi connectivity index (χ2n) is 8.25. The van der Waals surface area contributed by atoms with Gasteiger partial charge in [0, 0.05) is 57.0 Å². The molecule has 0 aliphatic carbocycles. The van der Waals surface area contributed by atoms with Crippen LogP contribution in [0.15, 0.2) is 16.9 Å². The molecule has 29 heavy (non-hydrogen) atoms.